The first-order valence-electron chi connectivity index (χ1n) is 9.04. The van der Waals surface area contributed by atoms with Gasteiger partial charge in [0.25, 0.3) is 0 Å². The third kappa shape index (κ3) is 9.17. The summed E-state index contributed by atoms with van der Waals surface area (Å²) in [6.07, 6.45) is 7.62. The second-order valence-corrected chi connectivity index (χ2v) is 6.79. The molecule has 133 valence electrons. The van der Waals surface area contributed by atoms with Gasteiger partial charge in [0.15, 0.2) is 0 Å². The second-order valence-electron chi connectivity index (χ2n) is 6.55. The van der Waals surface area contributed by atoms with Gasteiger partial charge in [-0.15, -0.1) is 0 Å². The summed E-state index contributed by atoms with van der Waals surface area (Å²) in [5, 5.41) is 0. The van der Waals surface area contributed by atoms with E-state index in [-0.39, 0.29) is 6.10 Å². The molecule has 23 heavy (non-hydrogen) atoms. The van der Waals surface area contributed by atoms with Gasteiger partial charge in [-0.2, -0.15) is 0 Å². The first-order valence-corrected chi connectivity index (χ1v) is 9.45. The fourth-order valence-corrected chi connectivity index (χ4v) is 3.16. The molecule has 2 aliphatic heterocycles. The van der Waals surface area contributed by atoms with Crippen molar-refractivity contribution in [3.8, 4) is 0 Å². The lowest BCUT2D eigenvalue weighted by Crippen LogP contribution is -2.24. The molecule has 0 saturated carbocycles. The Hall–Kier alpha value is 0.0169. The van der Waals surface area contributed by atoms with Crippen molar-refractivity contribution in [1.29, 1.82) is 0 Å². The van der Waals surface area contributed by atoms with Crippen LogP contribution >= 0.6 is 0 Å². The van der Waals surface area contributed by atoms with Crippen molar-refractivity contribution >= 4 is 10.5 Å². The maximum atomic E-state index is 5.64. The zero-order valence-electron chi connectivity index (χ0n) is 14.3. The van der Waals surface area contributed by atoms with Gasteiger partial charge in [0.05, 0.1) is 26.4 Å². The lowest BCUT2D eigenvalue weighted by molar-refractivity contribution is 0.0771. The van der Waals surface area contributed by atoms with Gasteiger partial charge in [-0.05, 0) is 38.0 Å². The van der Waals surface area contributed by atoms with E-state index in [9.17, 15) is 0 Å². The smallest absolute Gasteiger partial charge is 0.246 e. The van der Waals surface area contributed by atoms with Crippen molar-refractivity contribution in [3.63, 3.8) is 0 Å². The Morgan fingerprint density at radius 1 is 0.957 bits per heavy atom. The van der Waals surface area contributed by atoms with E-state index >= 15 is 0 Å². The first kappa shape index (κ1) is 19.3. The van der Waals surface area contributed by atoms with E-state index in [1.54, 1.807) is 0 Å². The van der Waals surface area contributed by atoms with E-state index in [0.717, 1.165) is 78.2 Å². The highest BCUT2D eigenvalue weighted by molar-refractivity contribution is 5.98. The molecule has 6 heteroatoms. The number of hydrogen-bond acceptors (Lipinski definition) is 5. The molecule has 0 amide bonds. The highest BCUT2D eigenvalue weighted by Crippen LogP contribution is 2.24. The second kappa shape index (κ2) is 11.6. The molecule has 2 heterocycles. The van der Waals surface area contributed by atoms with Gasteiger partial charge < -0.3 is 23.4 Å². The zero-order valence-corrected chi connectivity index (χ0v) is 15.3. The molecule has 3 atom stereocenters. The predicted octanol–water partition coefficient (Wildman–Crippen LogP) is 2.26. The monoisotopic (exact) mass is 343 g/mol. The van der Waals surface area contributed by atoms with E-state index in [1.165, 1.54) is 0 Å². The van der Waals surface area contributed by atoms with Gasteiger partial charge in [0, 0.05) is 19.3 Å². The van der Waals surface area contributed by atoms with Crippen LogP contribution in [0.15, 0.2) is 0 Å². The largest absolute Gasteiger partial charge is 0.415 e. The molecule has 2 rings (SSSR count). The molecule has 0 aliphatic carbocycles. The molecule has 2 aliphatic rings. The SMILES string of the molecule is CCCC(O[Si])C(CCCOCC1CO1)CCCOCC1CO1. The van der Waals surface area contributed by atoms with Gasteiger partial charge in [-0.3, -0.25) is 0 Å². The average molecular weight is 344 g/mol. The Kier molecular flexibility index (Phi) is 9.71. The third-order valence-electron chi connectivity index (χ3n) is 4.39. The van der Waals surface area contributed by atoms with Crippen molar-refractivity contribution in [1.82, 2.24) is 0 Å². The maximum Gasteiger partial charge on any atom is 0.246 e. The Balaban J connectivity index is 1.57. The lowest BCUT2D eigenvalue weighted by atomic mass is 9.90. The van der Waals surface area contributed by atoms with Crippen LogP contribution in [0.3, 0.4) is 0 Å². The van der Waals surface area contributed by atoms with Gasteiger partial charge in [0.1, 0.15) is 12.2 Å². The van der Waals surface area contributed by atoms with Crippen molar-refractivity contribution in [3.05, 3.63) is 0 Å². The molecule has 0 bridgehead atoms. The summed E-state index contributed by atoms with van der Waals surface area (Å²) < 4.78 is 27.1. The Bertz CT molecular complexity index is 275. The van der Waals surface area contributed by atoms with E-state index in [4.69, 9.17) is 23.4 Å². The zero-order chi connectivity index (χ0) is 16.3. The molecule has 0 spiro atoms. The Morgan fingerprint density at radius 3 is 1.87 bits per heavy atom. The van der Waals surface area contributed by atoms with E-state index in [0.29, 0.717) is 18.1 Å². The van der Waals surface area contributed by atoms with Crippen LogP contribution in [0.1, 0.15) is 45.4 Å². The van der Waals surface area contributed by atoms with E-state index in [1.807, 2.05) is 0 Å². The topological polar surface area (TPSA) is 52.8 Å². The Labute approximate surface area is 143 Å². The number of epoxide rings is 2. The summed E-state index contributed by atoms with van der Waals surface area (Å²) in [7, 11) is 3.27. The van der Waals surface area contributed by atoms with Crippen molar-refractivity contribution in [2.75, 3.05) is 39.6 Å². The molecule has 0 aromatic carbocycles. The lowest BCUT2D eigenvalue weighted by Gasteiger charge is -2.26. The van der Waals surface area contributed by atoms with Crippen LogP contribution in [0.25, 0.3) is 0 Å². The summed E-state index contributed by atoms with van der Waals surface area (Å²) in [4.78, 5) is 0. The van der Waals surface area contributed by atoms with Crippen molar-refractivity contribution in [2.24, 2.45) is 5.92 Å². The summed E-state index contributed by atoms with van der Waals surface area (Å²) >= 11 is 0. The summed E-state index contributed by atoms with van der Waals surface area (Å²) in [5.41, 5.74) is 0. The summed E-state index contributed by atoms with van der Waals surface area (Å²) in [5.74, 6) is 0.550. The molecular weight excluding hydrogens is 312 g/mol. The molecule has 2 fully saturated rings. The highest BCUT2D eigenvalue weighted by atomic mass is 28.2. The molecule has 0 N–H and O–H groups in total. The fourth-order valence-electron chi connectivity index (χ4n) is 2.84. The highest BCUT2D eigenvalue weighted by Gasteiger charge is 2.24. The minimum atomic E-state index is 0.273. The summed E-state index contributed by atoms with van der Waals surface area (Å²) in [6.45, 7) is 7.05. The van der Waals surface area contributed by atoms with Crippen LogP contribution in [0, 0.1) is 5.92 Å². The molecular formula is C17H31O5Si. The van der Waals surface area contributed by atoms with Crippen LogP contribution in [0.4, 0.5) is 0 Å². The fraction of sp³-hybridized carbons (Fsp3) is 1.00. The van der Waals surface area contributed by atoms with Gasteiger partial charge in [-0.1, -0.05) is 13.3 Å². The van der Waals surface area contributed by atoms with Crippen LogP contribution in [0.5, 0.6) is 0 Å². The Morgan fingerprint density at radius 2 is 1.48 bits per heavy atom. The first-order chi connectivity index (χ1) is 11.3. The average Bonchev–Trinajstić information content (AvgIpc) is 3.45. The molecule has 3 unspecified atom stereocenters. The number of hydrogen-bond donors (Lipinski definition) is 0. The molecule has 5 nitrogen and oxygen atoms in total. The molecule has 0 aromatic heterocycles. The predicted molar refractivity (Wildman–Crippen MR) is 88.6 cm³/mol. The van der Waals surface area contributed by atoms with Crippen LogP contribution in [-0.4, -0.2) is 68.4 Å². The van der Waals surface area contributed by atoms with Gasteiger partial charge in [0.2, 0.25) is 10.5 Å². The molecule has 3 radical (unpaired) electrons. The van der Waals surface area contributed by atoms with Crippen LogP contribution in [0.2, 0.25) is 0 Å². The van der Waals surface area contributed by atoms with Crippen molar-refractivity contribution in [2.45, 2.75) is 63.8 Å². The van der Waals surface area contributed by atoms with Crippen LogP contribution < -0.4 is 0 Å². The third-order valence-corrected chi connectivity index (χ3v) is 4.69. The number of rotatable bonds is 16. The van der Waals surface area contributed by atoms with Crippen molar-refractivity contribution < 1.29 is 23.4 Å². The van der Waals surface area contributed by atoms with Gasteiger partial charge >= 0.3 is 0 Å². The van der Waals surface area contributed by atoms with E-state index in [2.05, 4.69) is 17.4 Å². The minimum absolute atomic E-state index is 0.273. The standard InChI is InChI=1S/C17H31O5Si/c1-2-5-17(22-23)14(6-3-8-18-10-15-12-20-15)7-4-9-19-11-16-13-21-16/h14-17H,2-13H2,1H3. The van der Waals surface area contributed by atoms with Crippen LogP contribution in [-0.2, 0) is 23.4 Å². The number of ether oxygens (including phenoxy) is 4. The molecule has 0 aromatic rings. The molecule has 2 saturated heterocycles. The van der Waals surface area contributed by atoms with Gasteiger partial charge in [-0.25, -0.2) is 0 Å². The van der Waals surface area contributed by atoms with E-state index < -0.39 is 0 Å². The normalized spacial score (nSPS) is 25.3. The maximum absolute atomic E-state index is 5.64. The minimum Gasteiger partial charge on any atom is -0.415 e. The summed E-state index contributed by atoms with van der Waals surface area (Å²) in [6, 6.07) is 0. The quantitative estimate of drug-likeness (QED) is 0.244.